The molecule has 1 heterocycles. The first-order chi connectivity index (χ1) is 13.4. The van der Waals surface area contributed by atoms with Gasteiger partial charge in [0.25, 0.3) is 0 Å². The third-order valence-corrected chi connectivity index (χ3v) is 5.82. The summed E-state index contributed by atoms with van der Waals surface area (Å²) in [6.45, 7) is 5.25. The largest absolute Gasteiger partial charge is 0.466 e. The summed E-state index contributed by atoms with van der Waals surface area (Å²) in [5, 5.41) is 3.95. The Morgan fingerprint density at radius 3 is 2.61 bits per heavy atom. The second kappa shape index (κ2) is 10.9. The molecule has 1 fully saturated rings. The number of thioether (sulfide) groups is 1. The molecule has 5 atom stereocenters. The van der Waals surface area contributed by atoms with Gasteiger partial charge in [-0.1, -0.05) is 42.0 Å². The van der Waals surface area contributed by atoms with Gasteiger partial charge in [-0.2, -0.15) is 0 Å². The number of nitrogens with zero attached hydrogens (tertiary/aromatic N) is 3. The molecule has 0 aliphatic carbocycles. The van der Waals surface area contributed by atoms with Gasteiger partial charge in [0.15, 0.2) is 0 Å². The number of hydrogen-bond donors (Lipinski definition) is 0. The number of azide groups is 1. The fourth-order valence-corrected chi connectivity index (χ4v) is 4.27. The standard InChI is InChI=1S/C19H25N3O5S/c1-12-15(9-10-25-13(2)23)11-26-19(28-16-7-5-4-6-8-16)18(27-14(3)24)17(12)21-22-20/h4-8,12,15,17-19H,9-11H2,1-3H3/t12-,15?,17-,18?,19-/m0/s1. The van der Waals surface area contributed by atoms with E-state index in [9.17, 15) is 9.59 Å². The van der Waals surface area contributed by atoms with E-state index in [2.05, 4.69) is 10.0 Å². The summed E-state index contributed by atoms with van der Waals surface area (Å²) < 4.78 is 16.7. The van der Waals surface area contributed by atoms with Crippen LogP contribution in [0.3, 0.4) is 0 Å². The average molecular weight is 407 g/mol. The molecule has 2 unspecified atom stereocenters. The van der Waals surface area contributed by atoms with Crippen molar-refractivity contribution in [3.63, 3.8) is 0 Å². The van der Waals surface area contributed by atoms with E-state index >= 15 is 0 Å². The number of hydrogen-bond acceptors (Lipinski definition) is 7. The third kappa shape index (κ3) is 6.44. The van der Waals surface area contributed by atoms with Crippen LogP contribution in [0.15, 0.2) is 40.3 Å². The Balaban J connectivity index is 2.26. The molecule has 9 heteroatoms. The molecule has 2 rings (SSSR count). The van der Waals surface area contributed by atoms with Crippen molar-refractivity contribution in [2.24, 2.45) is 17.0 Å². The van der Waals surface area contributed by atoms with Crippen LogP contribution in [0.2, 0.25) is 0 Å². The smallest absolute Gasteiger partial charge is 0.303 e. The van der Waals surface area contributed by atoms with Gasteiger partial charge in [0.05, 0.1) is 19.3 Å². The lowest BCUT2D eigenvalue weighted by molar-refractivity contribution is -0.151. The highest BCUT2D eigenvalue weighted by Crippen LogP contribution is 2.38. The predicted octanol–water partition coefficient (Wildman–Crippen LogP) is 3.95. The van der Waals surface area contributed by atoms with Gasteiger partial charge in [-0.25, -0.2) is 0 Å². The first kappa shape index (κ1) is 22.1. The van der Waals surface area contributed by atoms with Gasteiger partial charge in [0, 0.05) is 23.7 Å². The lowest BCUT2D eigenvalue weighted by Crippen LogP contribution is -2.41. The minimum atomic E-state index is -0.729. The van der Waals surface area contributed by atoms with Crippen LogP contribution in [-0.2, 0) is 23.8 Å². The van der Waals surface area contributed by atoms with Gasteiger partial charge in [0.1, 0.15) is 11.5 Å². The van der Waals surface area contributed by atoms with E-state index in [0.29, 0.717) is 13.0 Å². The van der Waals surface area contributed by atoms with Crippen LogP contribution in [-0.4, -0.2) is 42.7 Å². The van der Waals surface area contributed by atoms with Crippen molar-refractivity contribution in [3.8, 4) is 0 Å². The first-order valence-corrected chi connectivity index (χ1v) is 9.98. The van der Waals surface area contributed by atoms with Crippen molar-refractivity contribution in [2.45, 2.75) is 49.7 Å². The Morgan fingerprint density at radius 1 is 1.29 bits per heavy atom. The number of ether oxygens (including phenoxy) is 3. The molecule has 1 saturated heterocycles. The van der Waals surface area contributed by atoms with Crippen molar-refractivity contribution in [1.82, 2.24) is 0 Å². The number of benzene rings is 1. The van der Waals surface area contributed by atoms with Crippen molar-refractivity contribution in [2.75, 3.05) is 13.2 Å². The molecule has 0 spiro atoms. The highest BCUT2D eigenvalue weighted by Gasteiger charge is 2.42. The molecule has 8 nitrogen and oxygen atoms in total. The maximum absolute atomic E-state index is 11.7. The number of rotatable bonds is 7. The van der Waals surface area contributed by atoms with Gasteiger partial charge in [-0.15, -0.1) is 0 Å². The Kier molecular flexibility index (Phi) is 8.63. The molecule has 0 radical (unpaired) electrons. The van der Waals surface area contributed by atoms with E-state index in [-0.39, 0.29) is 24.4 Å². The number of carbonyl (C=O) groups excluding carboxylic acids is 2. The Bertz CT molecular complexity index is 711. The molecule has 0 N–H and O–H groups in total. The van der Waals surface area contributed by atoms with E-state index < -0.39 is 23.6 Å². The van der Waals surface area contributed by atoms with Crippen LogP contribution in [0.5, 0.6) is 0 Å². The van der Waals surface area contributed by atoms with Gasteiger partial charge in [-0.05, 0) is 35.9 Å². The van der Waals surface area contributed by atoms with E-state index in [1.54, 1.807) is 0 Å². The predicted molar refractivity (Wildman–Crippen MR) is 104 cm³/mol. The van der Waals surface area contributed by atoms with E-state index in [4.69, 9.17) is 19.7 Å². The van der Waals surface area contributed by atoms with Crippen LogP contribution >= 0.6 is 11.8 Å². The molecule has 1 aromatic rings. The quantitative estimate of drug-likeness (QED) is 0.293. The Morgan fingerprint density at radius 2 is 2.00 bits per heavy atom. The molecule has 0 saturated carbocycles. The Hall–Kier alpha value is -2.22. The molecular formula is C19H25N3O5S. The molecule has 0 amide bonds. The summed E-state index contributed by atoms with van der Waals surface area (Å²) in [5.74, 6) is -0.952. The summed E-state index contributed by atoms with van der Waals surface area (Å²) in [7, 11) is 0. The van der Waals surface area contributed by atoms with Crippen molar-refractivity contribution in [1.29, 1.82) is 0 Å². The SMILES string of the molecule is CC(=O)OCCC1CO[C@@H](Sc2ccccc2)C(OC(C)=O)[C@@H](N=[N+]=[N-])[C@H]1C. The summed E-state index contributed by atoms with van der Waals surface area (Å²) in [6, 6.07) is 9.02. The fourth-order valence-electron chi connectivity index (χ4n) is 3.19. The van der Waals surface area contributed by atoms with Crippen LogP contribution in [0.4, 0.5) is 0 Å². The zero-order chi connectivity index (χ0) is 20.5. The monoisotopic (exact) mass is 407 g/mol. The lowest BCUT2D eigenvalue weighted by Gasteiger charge is -2.30. The molecule has 1 aliphatic rings. The Labute approximate surface area is 168 Å². The van der Waals surface area contributed by atoms with Gasteiger partial charge >= 0.3 is 11.9 Å². The highest BCUT2D eigenvalue weighted by atomic mass is 32.2. The highest BCUT2D eigenvalue weighted by molar-refractivity contribution is 7.99. The topological polar surface area (TPSA) is 111 Å². The maximum atomic E-state index is 11.7. The summed E-state index contributed by atoms with van der Waals surface area (Å²) in [4.78, 5) is 26.7. The molecule has 0 bridgehead atoms. The second-order valence-corrected chi connectivity index (χ2v) is 7.82. The third-order valence-electron chi connectivity index (χ3n) is 4.64. The van der Waals surface area contributed by atoms with E-state index in [0.717, 1.165) is 4.90 Å². The van der Waals surface area contributed by atoms with Crippen molar-refractivity contribution >= 4 is 23.7 Å². The van der Waals surface area contributed by atoms with Gasteiger partial charge in [0.2, 0.25) is 0 Å². The molecular weight excluding hydrogens is 382 g/mol. The second-order valence-electron chi connectivity index (χ2n) is 6.65. The lowest BCUT2D eigenvalue weighted by atomic mass is 9.85. The molecule has 1 aromatic carbocycles. The van der Waals surface area contributed by atoms with Crippen LogP contribution < -0.4 is 0 Å². The zero-order valence-corrected chi connectivity index (χ0v) is 17.0. The van der Waals surface area contributed by atoms with Crippen molar-refractivity contribution < 1.29 is 23.8 Å². The first-order valence-electron chi connectivity index (χ1n) is 9.10. The van der Waals surface area contributed by atoms with Crippen LogP contribution in [0, 0.1) is 11.8 Å². The van der Waals surface area contributed by atoms with Crippen LogP contribution in [0.1, 0.15) is 27.2 Å². The molecule has 0 aromatic heterocycles. The summed E-state index contributed by atoms with van der Waals surface area (Å²) in [6.07, 6.45) is -0.166. The average Bonchev–Trinajstić information content (AvgIpc) is 2.76. The normalized spacial score (nSPS) is 27.2. The number of carbonyl (C=O) groups is 2. The molecule has 1 aliphatic heterocycles. The summed E-state index contributed by atoms with van der Waals surface area (Å²) >= 11 is 1.42. The van der Waals surface area contributed by atoms with Crippen molar-refractivity contribution in [3.05, 3.63) is 40.8 Å². The molecule has 152 valence electrons. The van der Waals surface area contributed by atoms with Gasteiger partial charge < -0.3 is 14.2 Å². The molecule has 28 heavy (non-hydrogen) atoms. The fraction of sp³-hybridized carbons (Fsp3) is 0.579. The van der Waals surface area contributed by atoms with Crippen LogP contribution in [0.25, 0.3) is 10.4 Å². The van der Waals surface area contributed by atoms with E-state index in [1.165, 1.54) is 25.6 Å². The van der Waals surface area contributed by atoms with Gasteiger partial charge in [-0.3, -0.25) is 9.59 Å². The minimum absolute atomic E-state index is 0.0192. The minimum Gasteiger partial charge on any atom is -0.466 e. The van der Waals surface area contributed by atoms with E-state index in [1.807, 2.05) is 37.3 Å². The maximum Gasteiger partial charge on any atom is 0.303 e. The zero-order valence-electron chi connectivity index (χ0n) is 16.2. The number of esters is 2. The summed E-state index contributed by atoms with van der Waals surface area (Å²) in [5.41, 5.74) is 8.57.